The molecule has 1 aliphatic heterocycles. The van der Waals surface area contributed by atoms with Gasteiger partial charge in [-0.2, -0.15) is 0 Å². The largest absolute Gasteiger partial charge is 0.382 e. The van der Waals surface area contributed by atoms with E-state index in [0.717, 1.165) is 61.3 Å². The number of pyridine rings is 1. The lowest BCUT2D eigenvalue weighted by molar-refractivity contribution is 0.131. The molecule has 0 spiro atoms. The molecule has 40 heavy (non-hydrogen) atoms. The van der Waals surface area contributed by atoms with Gasteiger partial charge >= 0.3 is 0 Å². The van der Waals surface area contributed by atoms with Gasteiger partial charge in [0, 0.05) is 45.7 Å². The molecule has 0 amide bonds. The van der Waals surface area contributed by atoms with Crippen LogP contribution in [0.15, 0.2) is 35.7 Å². The number of hydrogen-bond acceptors (Lipinski definition) is 8. The number of rotatable bonds is 13. The average Bonchev–Trinajstić information content (AvgIpc) is 3.59. The van der Waals surface area contributed by atoms with Crippen LogP contribution in [0.3, 0.4) is 0 Å². The van der Waals surface area contributed by atoms with E-state index < -0.39 is 0 Å². The lowest BCUT2D eigenvalue weighted by Crippen LogP contribution is -2.46. The fraction of sp³-hybridized carbons (Fsp3) is 0.548. The van der Waals surface area contributed by atoms with Gasteiger partial charge in [-0.3, -0.25) is 0 Å². The van der Waals surface area contributed by atoms with E-state index in [4.69, 9.17) is 10.7 Å². The van der Waals surface area contributed by atoms with Gasteiger partial charge in [0.2, 0.25) is 0 Å². The fourth-order valence-electron chi connectivity index (χ4n) is 5.61. The molecule has 8 nitrogen and oxygen atoms in total. The molecule has 1 aromatic carbocycles. The Kier molecular flexibility index (Phi) is 11.7. The molecule has 3 aromatic heterocycles. The molecular weight excluding hydrogens is 516 g/mol. The summed E-state index contributed by atoms with van der Waals surface area (Å²) in [4.78, 5) is 14.8. The summed E-state index contributed by atoms with van der Waals surface area (Å²) in [5.41, 5.74) is 16.5. The lowest BCUT2D eigenvalue weighted by atomic mass is 10.1. The molecular formula is C31H48N8S. The van der Waals surface area contributed by atoms with Crippen LogP contribution in [0.5, 0.6) is 0 Å². The van der Waals surface area contributed by atoms with Crippen LogP contribution in [-0.2, 0) is 19.5 Å². The van der Waals surface area contributed by atoms with Crippen molar-refractivity contribution in [2.75, 3.05) is 58.6 Å². The molecule has 5 N–H and O–H groups in total. The maximum atomic E-state index is 6.39. The topological polar surface area (TPSA) is 101 Å². The number of aromatic nitrogens is 3. The summed E-state index contributed by atoms with van der Waals surface area (Å²) in [6, 6.07) is 10.9. The Balaban J connectivity index is 0.00000181. The third-order valence-electron chi connectivity index (χ3n) is 7.74. The molecule has 1 saturated heterocycles. The number of fused-ring (bicyclic) bond motifs is 3. The van der Waals surface area contributed by atoms with Gasteiger partial charge in [0.25, 0.3) is 0 Å². The van der Waals surface area contributed by atoms with Gasteiger partial charge in [0.15, 0.2) is 5.82 Å². The van der Waals surface area contributed by atoms with Crippen molar-refractivity contribution in [2.45, 2.75) is 59.0 Å². The molecule has 0 radical (unpaired) electrons. The van der Waals surface area contributed by atoms with Crippen LogP contribution < -0.4 is 16.8 Å². The monoisotopic (exact) mass is 564 g/mol. The maximum absolute atomic E-state index is 6.39. The van der Waals surface area contributed by atoms with Crippen molar-refractivity contribution in [3.63, 3.8) is 0 Å². The molecule has 0 aliphatic carbocycles. The smallest absolute Gasteiger partial charge is 0.152 e. The average molecular weight is 565 g/mol. The van der Waals surface area contributed by atoms with E-state index in [1.807, 2.05) is 0 Å². The number of nitrogen functional groups attached to an aromatic ring is 1. The highest BCUT2D eigenvalue weighted by Gasteiger charge is 2.19. The van der Waals surface area contributed by atoms with Crippen LogP contribution in [0.2, 0.25) is 0 Å². The van der Waals surface area contributed by atoms with Crippen molar-refractivity contribution in [2.24, 2.45) is 5.73 Å². The van der Waals surface area contributed by atoms with Crippen LogP contribution in [0, 0.1) is 0 Å². The third-order valence-corrected chi connectivity index (χ3v) is 8.65. The number of anilines is 1. The van der Waals surface area contributed by atoms with Crippen molar-refractivity contribution >= 4 is 38.4 Å². The van der Waals surface area contributed by atoms with E-state index in [1.54, 1.807) is 11.3 Å². The van der Waals surface area contributed by atoms with E-state index >= 15 is 0 Å². The fourth-order valence-corrected chi connectivity index (χ4v) is 6.50. The van der Waals surface area contributed by atoms with Crippen LogP contribution in [0.25, 0.3) is 21.3 Å². The highest BCUT2D eigenvalue weighted by Crippen LogP contribution is 2.33. The van der Waals surface area contributed by atoms with E-state index in [1.165, 1.54) is 75.0 Å². The number of nitrogens with zero attached hydrogens (tertiary/aromatic N) is 5. The Morgan fingerprint density at radius 1 is 0.900 bits per heavy atom. The van der Waals surface area contributed by atoms with E-state index in [9.17, 15) is 0 Å². The predicted octanol–water partition coefficient (Wildman–Crippen LogP) is 4.70. The van der Waals surface area contributed by atoms with Gasteiger partial charge in [-0.15, -0.1) is 11.3 Å². The van der Waals surface area contributed by atoms with Crippen molar-refractivity contribution in [3.8, 4) is 0 Å². The first-order valence-electron chi connectivity index (χ1n) is 15.0. The van der Waals surface area contributed by atoms with Gasteiger partial charge in [0.1, 0.15) is 11.3 Å². The molecule has 5 rings (SSSR count). The summed E-state index contributed by atoms with van der Waals surface area (Å²) in [7, 11) is 1.50. The Morgan fingerprint density at radius 3 is 2.35 bits per heavy atom. The van der Waals surface area contributed by atoms with Crippen LogP contribution >= 0.6 is 11.3 Å². The number of benzene rings is 1. The minimum atomic E-state index is 0.532. The molecule has 0 saturated carbocycles. The Morgan fingerprint density at radius 2 is 1.62 bits per heavy atom. The zero-order valence-electron chi connectivity index (χ0n) is 24.7. The Labute approximate surface area is 243 Å². The minimum absolute atomic E-state index is 0.532. The van der Waals surface area contributed by atoms with Crippen molar-refractivity contribution in [1.82, 2.24) is 29.7 Å². The molecule has 218 valence electrons. The highest BCUT2D eigenvalue weighted by molar-refractivity contribution is 7.18. The van der Waals surface area contributed by atoms with Crippen molar-refractivity contribution in [3.05, 3.63) is 52.7 Å². The van der Waals surface area contributed by atoms with E-state index in [0.29, 0.717) is 5.82 Å². The first-order valence-corrected chi connectivity index (χ1v) is 15.9. The van der Waals surface area contributed by atoms with Gasteiger partial charge in [-0.1, -0.05) is 44.5 Å². The van der Waals surface area contributed by atoms with Crippen LogP contribution in [0.4, 0.5) is 5.82 Å². The van der Waals surface area contributed by atoms with Gasteiger partial charge in [-0.05, 0) is 68.5 Å². The van der Waals surface area contributed by atoms with Gasteiger partial charge in [-0.25, -0.2) is 9.97 Å². The molecule has 1 fully saturated rings. The zero-order valence-corrected chi connectivity index (χ0v) is 25.5. The normalized spacial score (nSPS) is 14.6. The second-order valence-electron chi connectivity index (χ2n) is 10.5. The molecule has 4 heterocycles. The predicted molar refractivity (Wildman–Crippen MR) is 171 cm³/mol. The van der Waals surface area contributed by atoms with Crippen molar-refractivity contribution < 1.29 is 0 Å². The number of hydrogen-bond donors (Lipinski definition) is 3. The first kappa shape index (κ1) is 30.4. The van der Waals surface area contributed by atoms with Crippen LogP contribution in [0.1, 0.15) is 56.5 Å². The van der Waals surface area contributed by atoms with E-state index in [2.05, 4.69) is 80.0 Å². The number of thiophene rings is 1. The molecule has 9 heteroatoms. The summed E-state index contributed by atoms with van der Waals surface area (Å²) >= 11 is 1.73. The minimum Gasteiger partial charge on any atom is -0.382 e. The number of unbranched alkanes of at least 4 members (excludes halogenated alkanes) is 1. The number of nitrogens with one attached hydrogen (secondary N) is 1. The number of aryl methyl sites for hydroxylation is 1. The lowest BCUT2D eigenvalue weighted by Gasteiger charge is -2.34. The zero-order chi connectivity index (χ0) is 28.3. The maximum Gasteiger partial charge on any atom is 0.152 e. The SMILES string of the molecule is CCCCc1nc2c(N)nc3ccsc3c2n1Cc1ccccc1CNCCCN1CCN(CCC)CC1.CN. The summed E-state index contributed by atoms with van der Waals surface area (Å²) in [6.45, 7) is 14.5. The molecule has 4 aromatic rings. The van der Waals surface area contributed by atoms with Crippen molar-refractivity contribution in [1.29, 1.82) is 0 Å². The highest BCUT2D eigenvalue weighted by atomic mass is 32.1. The second kappa shape index (κ2) is 15.4. The quantitative estimate of drug-likeness (QED) is 0.202. The summed E-state index contributed by atoms with van der Waals surface area (Å²) < 4.78 is 3.58. The standard InChI is InChI=1S/C30H43N7S.CH5N/c1-3-5-11-26-34-27-28(29-25(12-20-38-29)33-30(27)31)37(26)22-24-10-7-6-9-23(24)21-32-13-8-15-36-18-16-35(14-4-2)17-19-36;1-2/h6-7,9-10,12,20,32H,3-5,8,11,13-19,21-22H2,1-2H3,(H2,31,33);2H2,1H3. The molecule has 0 atom stereocenters. The Hall–Kier alpha value is -2.56. The molecule has 0 bridgehead atoms. The van der Waals surface area contributed by atoms with Gasteiger partial charge < -0.3 is 31.2 Å². The summed E-state index contributed by atoms with van der Waals surface area (Å²) in [6.07, 6.45) is 5.64. The molecule has 0 unspecified atom stereocenters. The first-order chi connectivity index (χ1) is 19.7. The number of imidazole rings is 1. The summed E-state index contributed by atoms with van der Waals surface area (Å²) in [5, 5.41) is 5.82. The Bertz CT molecular complexity index is 1320. The van der Waals surface area contributed by atoms with E-state index in [-0.39, 0.29) is 0 Å². The van der Waals surface area contributed by atoms with Gasteiger partial charge in [0.05, 0.1) is 15.7 Å². The number of nitrogens with two attached hydrogens (primary N) is 2. The third kappa shape index (κ3) is 7.39. The molecule has 1 aliphatic rings. The summed E-state index contributed by atoms with van der Waals surface area (Å²) in [5.74, 6) is 1.64. The number of piperazine rings is 1. The second-order valence-corrected chi connectivity index (χ2v) is 11.4. The van der Waals surface area contributed by atoms with Crippen LogP contribution in [-0.4, -0.2) is 77.2 Å².